The fourth-order valence-corrected chi connectivity index (χ4v) is 0.663. The van der Waals surface area contributed by atoms with E-state index >= 15 is 0 Å². The zero-order chi connectivity index (χ0) is 9.73. The third-order valence-electron chi connectivity index (χ3n) is 1.37. The van der Waals surface area contributed by atoms with Gasteiger partial charge in [0.1, 0.15) is 0 Å². The molecule has 1 heterocycles. The number of imide groups is 1. The van der Waals surface area contributed by atoms with E-state index in [1.54, 1.807) is 0 Å². The van der Waals surface area contributed by atoms with Crippen molar-refractivity contribution in [2.24, 2.45) is 0 Å². The fraction of sp³-hybridized carbons (Fsp3) is 0.500. The molecule has 0 spiro atoms. The van der Waals surface area contributed by atoms with E-state index in [0.29, 0.717) is 0 Å². The highest BCUT2D eigenvalue weighted by Crippen LogP contribution is 2.41. The molecular formula is C4BF4NO2. The van der Waals surface area contributed by atoms with Gasteiger partial charge in [0.2, 0.25) is 7.98 Å². The van der Waals surface area contributed by atoms with Gasteiger partial charge in [-0.2, -0.15) is 17.6 Å². The lowest BCUT2D eigenvalue weighted by atomic mass is 10.2. The first-order valence-electron chi connectivity index (χ1n) is 2.62. The Bertz CT molecular complexity index is 240. The molecule has 0 aromatic heterocycles. The van der Waals surface area contributed by atoms with Crippen LogP contribution in [0.25, 0.3) is 0 Å². The third kappa shape index (κ3) is 0.719. The van der Waals surface area contributed by atoms with E-state index in [4.69, 9.17) is 0 Å². The van der Waals surface area contributed by atoms with Gasteiger partial charge in [-0.1, -0.05) is 0 Å². The van der Waals surface area contributed by atoms with Crippen molar-refractivity contribution in [2.75, 3.05) is 0 Å². The van der Waals surface area contributed by atoms with Crippen molar-refractivity contribution < 1.29 is 27.2 Å². The van der Waals surface area contributed by atoms with Crippen molar-refractivity contribution >= 4 is 19.8 Å². The number of rotatable bonds is 0. The molecule has 1 aliphatic rings. The average molecular weight is 181 g/mol. The minimum atomic E-state index is -5.03. The van der Waals surface area contributed by atoms with Crippen LogP contribution in [0, 0.1) is 0 Å². The summed E-state index contributed by atoms with van der Waals surface area (Å²) in [5.74, 6) is -14.8. The second kappa shape index (κ2) is 1.99. The Balaban J connectivity index is 3.24. The number of carbonyl (C=O) groups excluding carboxylic acids is 2. The normalized spacial score (nSPS) is 26.5. The summed E-state index contributed by atoms with van der Waals surface area (Å²) in [5, 5.41) is 0. The van der Waals surface area contributed by atoms with E-state index in [2.05, 4.69) is 7.98 Å². The maximum atomic E-state index is 12.2. The largest absolute Gasteiger partial charge is 0.395 e. The quantitative estimate of drug-likeness (QED) is 0.292. The lowest BCUT2D eigenvalue weighted by molar-refractivity contribution is -0.192. The van der Waals surface area contributed by atoms with Crippen molar-refractivity contribution in [3.63, 3.8) is 0 Å². The topological polar surface area (TPSA) is 37.4 Å². The molecule has 2 amide bonds. The van der Waals surface area contributed by atoms with Crippen molar-refractivity contribution in [2.45, 2.75) is 11.8 Å². The lowest BCUT2D eigenvalue weighted by Gasteiger charge is -2.11. The standard InChI is InChI=1S/C4BF4NO2/c5-10-1(11)3(6,7)4(8,9)2(10)12. The van der Waals surface area contributed by atoms with Crippen LogP contribution >= 0.6 is 0 Å². The molecule has 64 valence electrons. The first-order chi connectivity index (χ1) is 5.23. The summed E-state index contributed by atoms with van der Waals surface area (Å²) in [6, 6.07) is 0. The number of carbonyl (C=O) groups is 2. The maximum Gasteiger partial charge on any atom is 0.395 e. The predicted molar refractivity (Wildman–Crippen MR) is 27.5 cm³/mol. The summed E-state index contributed by atoms with van der Waals surface area (Å²) in [5.41, 5.74) is 0. The van der Waals surface area contributed by atoms with Crippen LogP contribution in [0.15, 0.2) is 0 Å². The molecular weight excluding hydrogens is 181 g/mol. The number of halogens is 4. The molecule has 1 rings (SSSR count). The SMILES string of the molecule is [B]N1C(=O)C(F)(F)C(F)(F)C1=O. The van der Waals surface area contributed by atoms with Crippen molar-refractivity contribution in [1.29, 1.82) is 0 Å². The molecule has 1 aliphatic heterocycles. The molecule has 3 nitrogen and oxygen atoms in total. The summed E-state index contributed by atoms with van der Waals surface area (Å²) in [7, 11) is 4.35. The van der Waals surface area contributed by atoms with Gasteiger partial charge in [-0.25, -0.2) is 0 Å². The van der Waals surface area contributed by atoms with E-state index in [1.807, 2.05) is 0 Å². The third-order valence-corrected chi connectivity index (χ3v) is 1.37. The second-order valence-corrected chi connectivity index (χ2v) is 2.13. The number of alkyl halides is 4. The molecule has 0 aromatic carbocycles. The zero-order valence-electron chi connectivity index (χ0n) is 5.35. The van der Waals surface area contributed by atoms with Gasteiger partial charge in [0.15, 0.2) is 0 Å². The van der Waals surface area contributed by atoms with Crippen LogP contribution in [0.1, 0.15) is 0 Å². The molecule has 1 fully saturated rings. The Morgan fingerprint density at radius 3 is 1.33 bits per heavy atom. The predicted octanol–water partition coefficient (Wildman–Crippen LogP) is -0.291. The summed E-state index contributed by atoms with van der Waals surface area (Å²) in [4.78, 5) is 19.6. The number of nitrogens with zero attached hydrogens (tertiary/aromatic N) is 1. The van der Waals surface area contributed by atoms with Gasteiger partial charge in [0.25, 0.3) is 11.8 Å². The van der Waals surface area contributed by atoms with E-state index in [-0.39, 0.29) is 0 Å². The number of hydrogen-bond acceptors (Lipinski definition) is 2. The molecule has 0 atom stereocenters. The molecule has 8 heteroatoms. The summed E-state index contributed by atoms with van der Waals surface area (Å²) in [6.45, 7) is 0. The Hall–Kier alpha value is -1.08. The van der Waals surface area contributed by atoms with Gasteiger partial charge in [-0.15, -0.1) is 0 Å². The van der Waals surface area contributed by atoms with Gasteiger partial charge in [0.05, 0.1) is 0 Å². The minimum Gasteiger partial charge on any atom is -0.330 e. The van der Waals surface area contributed by atoms with Crippen molar-refractivity contribution in [1.82, 2.24) is 4.81 Å². The van der Waals surface area contributed by atoms with E-state index in [9.17, 15) is 27.2 Å². The first kappa shape index (κ1) is 9.02. The van der Waals surface area contributed by atoms with Crippen molar-refractivity contribution in [3.8, 4) is 0 Å². The van der Waals surface area contributed by atoms with Crippen LogP contribution in [0.2, 0.25) is 0 Å². The molecule has 0 bridgehead atoms. The minimum absolute atomic E-state index is 0.778. The Labute approximate surface area is 64.7 Å². The Morgan fingerprint density at radius 2 is 1.25 bits per heavy atom. The molecule has 0 N–H and O–H groups in total. The number of hydrogen-bond donors (Lipinski definition) is 0. The van der Waals surface area contributed by atoms with Crippen LogP contribution < -0.4 is 0 Å². The van der Waals surface area contributed by atoms with E-state index < -0.39 is 28.5 Å². The van der Waals surface area contributed by atoms with Crippen LogP contribution in [0.3, 0.4) is 0 Å². The summed E-state index contributed by atoms with van der Waals surface area (Å²) in [6.07, 6.45) is 0. The average Bonchev–Trinajstić information content (AvgIpc) is 2.05. The van der Waals surface area contributed by atoms with Gasteiger partial charge in [-0.05, 0) is 0 Å². The Kier molecular flexibility index (Phi) is 1.50. The van der Waals surface area contributed by atoms with Crippen LogP contribution in [0.5, 0.6) is 0 Å². The molecule has 1 saturated heterocycles. The summed E-state index contributed by atoms with van der Waals surface area (Å²) >= 11 is 0. The van der Waals surface area contributed by atoms with E-state index in [0.717, 1.165) is 0 Å². The van der Waals surface area contributed by atoms with Crippen LogP contribution in [0.4, 0.5) is 17.6 Å². The smallest absolute Gasteiger partial charge is 0.330 e. The highest BCUT2D eigenvalue weighted by Gasteiger charge is 2.74. The van der Waals surface area contributed by atoms with Gasteiger partial charge < -0.3 is 4.81 Å². The lowest BCUT2D eigenvalue weighted by Crippen LogP contribution is -2.43. The van der Waals surface area contributed by atoms with Gasteiger partial charge >= 0.3 is 11.8 Å². The molecule has 12 heavy (non-hydrogen) atoms. The molecule has 0 aliphatic carbocycles. The van der Waals surface area contributed by atoms with Crippen molar-refractivity contribution in [3.05, 3.63) is 0 Å². The maximum absolute atomic E-state index is 12.2. The monoisotopic (exact) mass is 181 g/mol. The zero-order valence-corrected chi connectivity index (χ0v) is 5.35. The first-order valence-corrected chi connectivity index (χ1v) is 2.62. The molecule has 0 aromatic rings. The number of amides is 2. The van der Waals surface area contributed by atoms with Gasteiger partial charge in [-0.3, -0.25) is 9.59 Å². The Morgan fingerprint density at radius 1 is 1.00 bits per heavy atom. The molecule has 0 saturated carbocycles. The van der Waals surface area contributed by atoms with Gasteiger partial charge in [0, 0.05) is 0 Å². The highest BCUT2D eigenvalue weighted by atomic mass is 19.3. The van der Waals surface area contributed by atoms with E-state index in [1.165, 1.54) is 0 Å². The second-order valence-electron chi connectivity index (χ2n) is 2.13. The van der Waals surface area contributed by atoms with Crippen LogP contribution in [-0.2, 0) is 9.59 Å². The van der Waals surface area contributed by atoms with Crippen LogP contribution in [-0.4, -0.2) is 36.5 Å². The highest BCUT2D eigenvalue weighted by molar-refractivity contribution is 6.31. The molecule has 2 radical (unpaired) electrons. The molecule has 0 unspecified atom stereocenters. The fourth-order valence-electron chi connectivity index (χ4n) is 0.663. The summed E-state index contributed by atoms with van der Waals surface area (Å²) < 4.78 is 48.7.